The lowest BCUT2D eigenvalue weighted by Crippen LogP contribution is -2.25. The fourth-order valence-electron chi connectivity index (χ4n) is 2.14. The smallest absolute Gasteiger partial charge is 0.128 e. The quantitative estimate of drug-likeness (QED) is 0.887. The largest absolute Gasteiger partial charge is 0.483 e. The van der Waals surface area contributed by atoms with Gasteiger partial charge in [-0.05, 0) is 44.0 Å². The van der Waals surface area contributed by atoms with Crippen molar-refractivity contribution in [3.8, 4) is 5.75 Å². The fourth-order valence-corrected chi connectivity index (χ4v) is 2.14. The van der Waals surface area contributed by atoms with Gasteiger partial charge in [0.1, 0.15) is 11.4 Å². The molecular weight excluding hydrogens is 234 g/mol. The van der Waals surface area contributed by atoms with E-state index in [2.05, 4.69) is 32.0 Å². The molecule has 2 rings (SSSR count). The summed E-state index contributed by atoms with van der Waals surface area (Å²) < 4.78 is 6.22. The zero-order valence-corrected chi connectivity index (χ0v) is 11.6. The van der Waals surface area contributed by atoms with Crippen molar-refractivity contribution in [2.75, 3.05) is 6.54 Å². The summed E-state index contributed by atoms with van der Waals surface area (Å²) in [6.07, 6.45) is 0.834. The van der Waals surface area contributed by atoms with Crippen molar-refractivity contribution in [2.24, 2.45) is 5.73 Å². The van der Waals surface area contributed by atoms with Gasteiger partial charge in [-0.2, -0.15) is 0 Å². The first-order chi connectivity index (χ1) is 9.13. The maximum absolute atomic E-state index is 6.22. The average molecular weight is 255 g/mol. The zero-order valence-electron chi connectivity index (χ0n) is 11.6. The summed E-state index contributed by atoms with van der Waals surface area (Å²) >= 11 is 0. The zero-order chi connectivity index (χ0) is 13.7. The van der Waals surface area contributed by atoms with Crippen LogP contribution in [-0.4, -0.2) is 6.54 Å². The first kappa shape index (κ1) is 13.6. The van der Waals surface area contributed by atoms with Crippen molar-refractivity contribution in [3.63, 3.8) is 0 Å². The first-order valence-corrected chi connectivity index (χ1v) is 6.66. The van der Waals surface area contributed by atoms with Crippen LogP contribution >= 0.6 is 0 Å². The van der Waals surface area contributed by atoms with Gasteiger partial charge in [0, 0.05) is 0 Å². The molecule has 2 nitrogen and oxygen atoms in total. The van der Waals surface area contributed by atoms with Crippen LogP contribution in [0.3, 0.4) is 0 Å². The van der Waals surface area contributed by atoms with E-state index >= 15 is 0 Å². The predicted octanol–water partition coefficient (Wildman–Crippen LogP) is 3.50. The summed E-state index contributed by atoms with van der Waals surface area (Å²) in [6, 6.07) is 18.4. The first-order valence-electron chi connectivity index (χ1n) is 6.66. The second kappa shape index (κ2) is 5.89. The molecule has 0 heterocycles. The highest BCUT2D eigenvalue weighted by Crippen LogP contribution is 2.29. The molecule has 0 bridgehead atoms. The van der Waals surface area contributed by atoms with Crippen LogP contribution in [0.5, 0.6) is 5.75 Å². The van der Waals surface area contributed by atoms with Gasteiger partial charge in [0.05, 0.1) is 0 Å². The standard InChI is InChI=1S/C17H21NO/c1-17(2,15-9-4-3-5-10-15)19-16-11-7-6-8-14(16)12-13-18/h3-11H,12-13,18H2,1-2H3. The minimum absolute atomic E-state index is 0.355. The maximum Gasteiger partial charge on any atom is 0.128 e. The highest BCUT2D eigenvalue weighted by molar-refractivity contribution is 5.35. The number of para-hydroxylation sites is 1. The third-order valence-corrected chi connectivity index (χ3v) is 3.22. The van der Waals surface area contributed by atoms with E-state index in [0.717, 1.165) is 23.3 Å². The molecule has 0 aromatic heterocycles. The van der Waals surface area contributed by atoms with E-state index in [-0.39, 0.29) is 5.60 Å². The molecule has 0 spiro atoms. The van der Waals surface area contributed by atoms with E-state index in [4.69, 9.17) is 10.5 Å². The van der Waals surface area contributed by atoms with Gasteiger partial charge in [0.15, 0.2) is 0 Å². The van der Waals surface area contributed by atoms with Crippen LogP contribution in [0.1, 0.15) is 25.0 Å². The summed E-state index contributed by atoms with van der Waals surface area (Å²) in [5.74, 6) is 0.918. The van der Waals surface area contributed by atoms with Crippen LogP contribution < -0.4 is 10.5 Å². The molecule has 0 amide bonds. The lowest BCUT2D eigenvalue weighted by atomic mass is 9.98. The van der Waals surface area contributed by atoms with Crippen LogP contribution in [0.25, 0.3) is 0 Å². The molecule has 2 aromatic carbocycles. The minimum atomic E-state index is -0.355. The molecule has 0 fully saturated rings. The Bertz CT molecular complexity index is 520. The number of ether oxygens (including phenoxy) is 1. The van der Waals surface area contributed by atoms with Gasteiger partial charge in [-0.1, -0.05) is 48.5 Å². The van der Waals surface area contributed by atoms with Crippen molar-refractivity contribution < 1.29 is 4.74 Å². The molecule has 100 valence electrons. The Morgan fingerprint density at radius 2 is 1.58 bits per heavy atom. The summed E-state index contributed by atoms with van der Waals surface area (Å²) in [5, 5.41) is 0. The Kier molecular flexibility index (Phi) is 4.23. The van der Waals surface area contributed by atoms with Gasteiger partial charge in [-0.25, -0.2) is 0 Å². The van der Waals surface area contributed by atoms with Gasteiger partial charge in [-0.3, -0.25) is 0 Å². The van der Waals surface area contributed by atoms with Gasteiger partial charge >= 0.3 is 0 Å². The van der Waals surface area contributed by atoms with Crippen molar-refractivity contribution in [1.82, 2.24) is 0 Å². The molecule has 0 unspecified atom stereocenters. The van der Waals surface area contributed by atoms with Crippen LogP contribution in [0.2, 0.25) is 0 Å². The van der Waals surface area contributed by atoms with Gasteiger partial charge in [0.2, 0.25) is 0 Å². The molecule has 0 atom stereocenters. The fraction of sp³-hybridized carbons (Fsp3) is 0.294. The van der Waals surface area contributed by atoms with Crippen LogP contribution in [-0.2, 0) is 12.0 Å². The Morgan fingerprint density at radius 1 is 0.947 bits per heavy atom. The van der Waals surface area contributed by atoms with Crippen molar-refractivity contribution in [3.05, 3.63) is 65.7 Å². The molecule has 0 saturated heterocycles. The lowest BCUT2D eigenvalue weighted by Gasteiger charge is -2.28. The molecular formula is C17H21NO. The Morgan fingerprint density at radius 3 is 2.26 bits per heavy atom. The van der Waals surface area contributed by atoms with Gasteiger partial charge in [0.25, 0.3) is 0 Å². The SMILES string of the molecule is CC(C)(Oc1ccccc1CCN)c1ccccc1. The number of hydrogen-bond donors (Lipinski definition) is 1. The molecule has 2 N–H and O–H groups in total. The van der Waals surface area contributed by atoms with Crippen molar-refractivity contribution in [1.29, 1.82) is 0 Å². The number of benzene rings is 2. The highest BCUT2D eigenvalue weighted by Gasteiger charge is 2.23. The van der Waals surface area contributed by atoms with E-state index in [0.29, 0.717) is 6.54 Å². The normalized spacial score (nSPS) is 11.3. The van der Waals surface area contributed by atoms with Crippen molar-refractivity contribution in [2.45, 2.75) is 25.9 Å². The molecule has 0 aliphatic heterocycles. The predicted molar refractivity (Wildman–Crippen MR) is 79.3 cm³/mol. The van der Waals surface area contributed by atoms with E-state index in [9.17, 15) is 0 Å². The van der Waals surface area contributed by atoms with E-state index < -0.39 is 0 Å². The number of nitrogens with two attached hydrogens (primary N) is 1. The van der Waals surface area contributed by atoms with E-state index in [1.807, 2.05) is 36.4 Å². The second-order valence-electron chi connectivity index (χ2n) is 5.12. The van der Waals surface area contributed by atoms with Gasteiger partial charge < -0.3 is 10.5 Å². The van der Waals surface area contributed by atoms with Crippen molar-refractivity contribution >= 4 is 0 Å². The topological polar surface area (TPSA) is 35.2 Å². The monoisotopic (exact) mass is 255 g/mol. The van der Waals surface area contributed by atoms with E-state index in [1.54, 1.807) is 0 Å². The highest BCUT2D eigenvalue weighted by atomic mass is 16.5. The third kappa shape index (κ3) is 3.36. The molecule has 0 aliphatic rings. The second-order valence-corrected chi connectivity index (χ2v) is 5.12. The minimum Gasteiger partial charge on any atom is -0.483 e. The van der Waals surface area contributed by atoms with Gasteiger partial charge in [-0.15, -0.1) is 0 Å². The average Bonchev–Trinajstić information content (AvgIpc) is 2.42. The maximum atomic E-state index is 6.22. The summed E-state index contributed by atoms with van der Waals surface area (Å²) in [4.78, 5) is 0. The Balaban J connectivity index is 2.25. The molecule has 0 saturated carbocycles. The number of rotatable bonds is 5. The van der Waals surface area contributed by atoms with Crippen LogP contribution in [0.4, 0.5) is 0 Å². The molecule has 0 radical (unpaired) electrons. The third-order valence-electron chi connectivity index (χ3n) is 3.22. The molecule has 0 aliphatic carbocycles. The summed E-state index contributed by atoms with van der Waals surface area (Å²) in [7, 11) is 0. The Labute approximate surface area is 115 Å². The molecule has 2 heteroatoms. The van der Waals surface area contributed by atoms with E-state index in [1.165, 1.54) is 0 Å². The molecule has 2 aromatic rings. The Hall–Kier alpha value is -1.80. The molecule has 19 heavy (non-hydrogen) atoms. The summed E-state index contributed by atoms with van der Waals surface area (Å²) in [6.45, 7) is 4.80. The lowest BCUT2D eigenvalue weighted by molar-refractivity contribution is 0.107. The number of hydrogen-bond acceptors (Lipinski definition) is 2. The van der Waals surface area contributed by atoms with Crippen LogP contribution in [0, 0.1) is 0 Å². The van der Waals surface area contributed by atoms with Crippen LogP contribution in [0.15, 0.2) is 54.6 Å². The summed E-state index contributed by atoms with van der Waals surface area (Å²) in [5.41, 5.74) is 7.62.